The minimum atomic E-state index is -0.169. The molecule has 0 bridgehead atoms. The summed E-state index contributed by atoms with van der Waals surface area (Å²) in [6.45, 7) is 2.08. The fourth-order valence-electron chi connectivity index (χ4n) is 3.24. The van der Waals surface area contributed by atoms with E-state index in [9.17, 15) is 4.79 Å². The fourth-order valence-corrected chi connectivity index (χ4v) is 4.09. The summed E-state index contributed by atoms with van der Waals surface area (Å²) >= 11 is 1.48. The Kier molecular flexibility index (Phi) is 5.35. The molecule has 1 amide bonds. The van der Waals surface area contributed by atoms with Gasteiger partial charge in [-0.05, 0) is 42.8 Å². The lowest BCUT2D eigenvalue weighted by Crippen LogP contribution is -2.25. The third-order valence-corrected chi connectivity index (χ3v) is 5.68. The molecule has 4 aromatic rings. The number of pyridine rings is 1. The Morgan fingerprint density at radius 2 is 2.06 bits per heavy atom. The quantitative estimate of drug-likeness (QED) is 0.478. The predicted octanol–water partition coefficient (Wildman–Crippen LogP) is 4.37. The van der Waals surface area contributed by atoms with Crippen molar-refractivity contribution >= 4 is 34.8 Å². The van der Waals surface area contributed by atoms with Crippen molar-refractivity contribution in [2.24, 2.45) is 10.1 Å². The van der Waals surface area contributed by atoms with Crippen LogP contribution in [-0.2, 0) is 4.79 Å². The Balaban J connectivity index is 1.61. The van der Waals surface area contributed by atoms with Crippen molar-refractivity contribution in [2.75, 3.05) is 11.9 Å². The second-order valence-corrected chi connectivity index (χ2v) is 8.08. The Hall–Kier alpha value is -4.04. The van der Waals surface area contributed by atoms with Gasteiger partial charge >= 0.3 is 0 Å². The first-order chi connectivity index (χ1) is 15.7. The number of rotatable bonds is 4. The standard InChI is InChI=1S/C24H19N5O2S/c1-16-4-6-17(7-5-16)12-26-29-21(15-32-24(29)27-19-3-2-10-25-13-19)18-8-9-22-20(11-18)28-23(30)14-31-22/h2-13,15H,14H2,1H3,(H,28,30). The molecule has 0 spiro atoms. The summed E-state index contributed by atoms with van der Waals surface area (Å²) in [6.07, 6.45) is 5.23. The van der Waals surface area contributed by atoms with Gasteiger partial charge in [0.05, 0.1) is 29.5 Å². The van der Waals surface area contributed by atoms with Gasteiger partial charge in [-0.15, -0.1) is 11.3 Å². The van der Waals surface area contributed by atoms with Crippen LogP contribution in [-0.4, -0.2) is 28.4 Å². The Labute approximate surface area is 188 Å². The molecule has 158 valence electrons. The van der Waals surface area contributed by atoms with Gasteiger partial charge in [0.25, 0.3) is 5.91 Å². The molecule has 0 saturated heterocycles. The number of benzene rings is 2. The maximum Gasteiger partial charge on any atom is 0.262 e. The van der Waals surface area contributed by atoms with Crippen molar-refractivity contribution in [3.63, 3.8) is 0 Å². The summed E-state index contributed by atoms with van der Waals surface area (Å²) in [7, 11) is 0. The molecule has 7 nitrogen and oxygen atoms in total. The van der Waals surface area contributed by atoms with E-state index in [1.165, 1.54) is 16.9 Å². The van der Waals surface area contributed by atoms with Gasteiger partial charge in [-0.3, -0.25) is 9.78 Å². The van der Waals surface area contributed by atoms with Crippen LogP contribution >= 0.6 is 11.3 Å². The van der Waals surface area contributed by atoms with Crippen molar-refractivity contribution in [3.8, 4) is 17.0 Å². The van der Waals surface area contributed by atoms with Crippen LogP contribution < -0.4 is 14.9 Å². The minimum Gasteiger partial charge on any atom is -0.482 e. The number of aryl methyl sites for hydroxylation is 1. The van der Waals surface area contributed by atoms with Crippen LogP contribution in [0.3, 0.4) is 0 Å². The van der Waals surface area contributed by atoms with Gasteiger partial charge in [0.15, 0.2) is 6.61 Å². The van der Waals surface area contributed by atoms with Gasteiger partial charge in [-0.1, -0.05) is 29.8 Å². The Morgan fingerprint density at radius 1 is 1.19 bits per heavy atom. The predicted molar refractivity (Wildman–Crippen MR) is 126 cm³/mol. The maximum absolute atomic E-state index is 11.7. The van der Waals surface area contributed by atoms with Crippen molar-refractivity contribution < 1.29 is 9.53 Å². The molecule has 0 radical (unpaired) electrons. The fraction of sp³-hybridized carbons (Fsp3) is 0.0833. The molecule has 32 heavy (non-hydrogen) atoms. The SMILES string of the molecule is Cc1ccc(C=Nn2c(-c3ccc4c(c3)NC(=O)CO4)csc2=Nc2cccnc2)cc1. The lowest BCUT2D eigenvalue weighted by Gasteiger charge is -2.18. The number of amides is 1. The van der Waals surface area contributed by atoms with Gasteiger partial charge in [0.1, 0.15) is 5.75 Å². The van der Waals surface area contributed by atoms with E-state index in [1.54, 1.807) is 23.3 Å². The molecule has 0 fully saturated rings. The number of hydrogen-bond donors (Lipinski definition) is 1. The van der Waals surface area contributed by atoms with Gasteiger partial charge in [0, 0.05) is 17.1 Å². The number of nitrogens with one attached hydrogen (secondary N) is 1. The number of hydrogen-bond acceptors (Lipinski definition) is 6. The molecule has 0 unspecified atom stereocenters. The summed E-state index contributed by atoms with van der Waals surface area (Å²) in [5.74, 6) is 0.482. The molecule has 0 saturated carbocycles. The number of ether oxygens (including phenoxy) is 1. The number of thiazole rings is 1. The number of nitrogens with zero attached hydrogens (tertiary/aromatic N) is 4. The van der Waals surface area contributed by atoms with E-state index in [1.807, 2.05) is 60.0 Å². The van der Waals surface area contributed by atoms with E-state index in [0.717, 1.165) is 22.5 Å². The number of carbonyl (C=O) groups excluding carboxylic acids is 1. The number of anilines is 1. The smallest absolute Gasteiger partial charge is 0.262 e. The third kappa shape index (κ3) is 4.21. The average Bonchev–Trinajstić information content (AvgIpc) is 3.21. The molecule has 8 heteroatoms. The first-order valence-corrected chi connectivity index (χ1v) is 10.9. The molecule has 0 aliphatic carbocycles. The Morgan fingerprint density at radius 3 is 2.88 bits per heavy atom. The van der Waals surface area contributed by atoms with E-state index < -0.39 is 0 Å². The van der Waals surface area contributed by atoms with Crippen LogP contribution in [0.15, 0.2) is 82.5 Å². The lowest BCUT2D eigenvalue weighted by atomic mass is 10.1. The molecule has 1 aliphatic rings. The minimum absolute atomic E-state index is 0.0276. The van der Waals surface area contributed by atoms with E-state index in [0.29, 0.717) is 16.2 Å². The number of carbonyl (C=O) groups is 1. The highest BCUT2D eigenvalue weighted by Crippen LogP contribution is 2.33. The average molecular weight is 442 g/mol. The summed E-state index contributed by atoms with van der Waals surface area (Å²) in [5, 5.41) is 9.59. The molecule has 1 aliphatic heterocycles. The molecule has 2 aromatic carbocycles. The van der Waals surface area contributed by atoms with Crippen molar-refractivity contribution in [2.45, 2.75) is 6.92 Å². The highest BCUT2D eigenvalue weighted by atomic mass is 32.1. The van der Waals surface area contributed by atoms with Crippen molar-refractivity contribution in [1.82, 2.24) is 9.66 Å². The lowest BCUT2D eigenvalue weighted by molar-refractivity contribution is -0.118. The topological polar surface area (TPSA) is 80.9 Å². The molecule has 3 heterocycles. The van der Waals surface area contributed by atoms with Gasteiger partial charge < -0.3 is 10.1 Å². The highest BCUT2D eigenvalue weighted by molar-refractivity contribution is 7.07. The first-order valence-electron chi connectivity index (χ1n) is 9.99. The van der Waals surface area contributed by atoms with E-state index in [4.69, 9.17) is 14.8 Å². The molecular formula is C24H19N5O2S. The second-order valence-electron chi connectivity index (χ2n) is 7.24. The summed E-state index contributed by atoms with van der Waals surface area (Å²) in [5.41, 5.74) is 5.30. The zero-order valence-corrected chi connectivity index (χ0v) is 18.0. The van der Waals surface area contributed by atoms with E-state index in [-0.39, 0.29) is 12.5 Å². The van der Waals surface area contributed by atoms with Crippen LogP contribution in [0.25, 0.3) is 11.3 Å². The van der Waals surface area contributed by atoms with Crippen LogP contribution in [0.5, 0.6) is 5.75 Å². The summed E-state index contributed by atoms with van der Waals surface area (Å²) in [6, 6.07) is 17.6. The third-order valence-electron chi connectivity index (χ3n) is 4.86. The normalized spacial score (nSPS) is 13.7. The van der Waals surface area contributed by atoms with Gasteiger partial charge in [-0.25, -0.2) is 9.67 Å². The molecular weight excluding hydrogens is 422 g/mol. The maximum atomic E-state index is 11.7. The monoisotopic (exact) mass is 441 g/mol. The van der Waals surface area contributed by atoms with Crippen molar-refractivity contribution in [3.05, 3.63) is 88.3 Å². The summed E-state index contributed by atoms with van der Waals surface area (Å²) < 4.78 is 7.28. The molecule has 1 N–H and O–H groups in total. The van der Waals surface area contributed by atoms with Crippen molar-refractivity contribution in [1.29, 1.82) is 0 Å². The van der Waals surface area contributed by atoms with E-state index in [2.05, 4.69) is 17.2 Å². The Bertz CT molecular complexity index is 1370. The summed E-state index contributed by atoms with van der Waals surface area (Å²) in [4.78, 5) is 21.3. The first kappa shape index (κ1) is 19.9. The zero-order chi connectivity index (χ0) is 21.9. The second kappa shape index (κ2) is 8.60. The number of aromatic nitrogens is 2. The highest BCUT2D eigenvalue weighted by Gasteiger charge is 2.17. The van der Waals surface area contributed by atoms with E-state index >= 15 is 0 Å². The van der Waals surface area contributed by atoms with Crippen LogP contribution in [0.1, 0.15) is 11.1 Å². The van der Waals surface area contributed by atoms with Crippen LogP contribution in [0, 0.1) is 6.92 Å². The van der Waals surface area contributed by atoms with Crippen LogP contribution in [0.2, 0.25) is 0 Å². The molecule has 0 atom stereocenters. The van der Waals surface area contributed by atoms with Crippen LogP contribution in [0.4, 0.5) is 11.4 Å². The number of fused-ring (bicyclic) bond motifs is 1. The van der Waals surface area contributed by atoms with Gasteiger partial charge in [0.2, 0.25) is 4.80 Å². The molecule has 5 rings (SSSR count). The zero-order valence-electron chi connectivity index (χ0n) is 17.2. The van der Waals surface area contributed by atoms with Gasteiger partial charge in [-0.2, -0.15) is 5.10 Å². The molecule has 2 aromatic heterocycles. The largest absolute Gasteiger partial charge is 0.482 e.